The smallest absolute Gasteiger partial charge is 0.326 e. The molecule has 0 aliphatic rings. The summed E-state index contributed by atoms with van der Waals surface area (Å²) in [5.41, 5.74) is 1.32. The highest BCUT2D eigenvalue weighted by atomic mass is 79.9. The number of thiazole rings is 1. The van der Waals surface area contributed by atoms with Gasteiger partial charge in [-0.1, -0.05) is 53.8 Å². The number of nitrogens with zero attached hydrogens (tertiary/aromatic N) is 2. The molecule has 7 heteroatoms. The van der Waals surface area contributed by atoms with Gasteiger partial charge in [0.05, 0.1) is 22.4 Å². The highest BCUT2D eigenvalue weighted by Gasteiger charge is 2.15. The van der Waals surface area contributed by atoms with Crippen LogP contribution in [0, 0.1) is 0 Å². The quantitative estimate of drug-likeness (QED) is 0.399. The summed E-state index contributed by atoms with van der Waals surface area (Å²) < 4.78 is 8.53. The van der Waals surface area contributed by atoms with Crippen molar-refractivity contribution < 1.29 is 14.3 Å². The predicted octanol–water partition coefficient (Wildman–Crippen LogP) is 4.92. The minimum atomic E-state index is -0.369. The highest BCUT2D eigenvalue weighted by molar-refractivity contribution is 9.10. The third-order valence-electron chi connectivity index (χ3n) is 4.47. The zero-order chi connectivity index (χ0) is 20.4. The van der Waals surface area contributed by atoms with Gasteiger partial charge in [-0.25, -0.2) is 0 Å². The Balaban J connectivity index is 1.93. The van der Waals surface area contributed by atoms with Crippen LogP contribution in [0.5, 0.6) is 0 Å². The van der Waals surface area contributed by atoms with Crippen LogP contribution in [0.4, 0.5) is 0 Å². The number of aromatic nitrogens is 1. The summed E-state index contributed by atoms with van der Waals surface area (Å²) in [6.07, 6.45) is 0. The molecule has 5 nitrogen and oxygen atoms in total. The average molecular weight is 469 g/mol. The molecule has 1 aromatic heterocycles. The Morgan fingerprint density at radius 1 is 1.07 bits per heavy atom. The van der Waals surface area contributed by atoms with Gasteiger partial charge in [-0.2, -0.15) is 4.99 Å². The van der Waals surface area contributed by atoms with Gasteiger partial charge in [0.15, 0.2) is 4.80 Å². The van der Waals surface area contributed by atoms with Crippen molar-refractivity contribution in [3.63, 3.8) is 0 Å². The summed E-state index contributed by atoms with van der Waals surface area (Å²) in [5.74, 6) is -0.735. The van der Waals surface area contributed by atoms with E-state index in [9.17, 15) is 9.59 Å². The number of halogens is 1. The van der Waals surface area contributed by atoms with Crippen LogP contribution >= 0.6 is 27.3 Å². The van der Waals surface area contributed by atoms with Gasteiger partial charge in [0.2, 0.25) is 0 Å². The lowest BCUT2D eigenvalue weighted by Gasteiger charge is -2.06. The molecule has 1 heterocycles. The van der Waals surface area contributed by atoms with Crippen LogP contribution in [0.1, 0.15) is 17.3 Å². The molecular formula is C22H17BrN2O3S. The van der Waals surface area contributed by atoms with Crippen molar-refractivity contribution >= 4 is 60.1 Å². The summed E-state index contributed by atoms with van der Waals surface area (Å²) in [4.78, 5) is 29.8. The van der Waals surface area contributed by atoms with Crippen molar-refractivity contribution in [1.29, 1.82) is 0 Å². The molecule has 0 bridgehead atoms. The minimum Gasteiger partial charge on any atom is -0.465 e. The van der Waals surface area contributed by atoms with Crippen LogP contribution < -0.4 is 4.80 Å². The molecule has 0 saturated carbocycles. The molecule has 0 atom stereocenters. The summed E-state index contributed by atoms with van der Waals surface area (Å²) in [6, 6.07) is 19.1. The Labute approximate surface area is 179 Å². The standard InChI is InChI=1S/C22H17BrN2O3S/c1-2-28-19(26)13-25-18-12-11-14-7-3-4-8-15(14)20(18)29-22(25)24-21(27)16-9-5-6-10-17(16)23/h3-12H,2,13H2,1H3. The predicted molar refractivity (Wildman–Crippen MR) is 118 cm³/mol. The molecular weight excluding hydrogens is 452 g/mol. The van der Waals surface area contributed by atoms with E-state index >= 15 is 0 Å². The molecule has 0 saturated heterocycles. The van der Waals surface area contributed by atoms with E-state index in [0.717, 1.165) is 21.0 Å². The Kier molecular flexibility index (Phi) is 5.60. The Hall–Kier alpha value is -2.77. The second kappa shape index (κ2) is 8.31. The van der Waals surface area contributed by atoms with Gasteiger partial charge in [0, 0.05) is 9.86 Å². The van der Waals surface area contributed by atoms with Crippen molar-refractivity contribution in [3.8, 4) is 0 Å². The zero-order valence-electron chi connectivity index (χ0n) is 15.6. The lowest BCUT2D eigenvalue weighted by atomic mass is 10.1. The highest BCUT2D eigenvalue weighted by Crippen LogP contribution is 2.28. The molecule has 0 fully saturated rings. The normalized spacial score (nSPS) is 11.9. The summed E-state index contributed by atoms with van der Waals surface area (Å²) in [7, 11) is 0. The van der Waals surface area contributed by atoms with E-state index in [1.165, 1.54) is 11.3 Å². The first-order valence-electron chi connectivity index (χ1n) is 9.08. The molecule has 146 valence electrons. The van der Waals surface area contributed by atoms with Crippen molar-refractivity contribution in [2.24, 2.45) is 4.99 Å². The number of fused-ring (bicyclic) bond motifs is 3. The number of hydrogen-bond acceptors (Lipinski definition) is 4. The van der Waals surface area contributed by atoms with Gasteiger partial charge < -0.3 is 9.30 Å². The van der Waals surface area contributed by atoms with Crippen molar-refractivity contribution in [1.82, 2.24) is 4.57 Å². The van der Waals surface area contributed by atoms with Gasteiger partial charge in [0.25, 0.3) is 5.91 Å². The van der Waals surface area contributed by atoms with E-state index in [0.29, 0.717) is 21.4 Å². The fourth-order valence-corrected chi connectivity index (χ4v) is 4.77. The van der Waals surface area contributed by atoms with E-state index < -0.39 is 0 Å². The largest absolute Gasteiger partial charge is 0.465 e. The third-order valence-corrected chi connectivity index (χ3v) is 6.29. The van der Waals surface area contributed by atoms with Gasteiger partial charge in [-0.15, -0.1) is 0 Å². The lowest BCUT2D eigenvalue weighted by Crippen LogP contribution is -2.23. The van der Waals surface area contributed by atoms with Gasteiger partial charge in [0.1, 0.15) is 6.54 Å². The fourth-order valence-electron chi connectivity index (χ4n) is 3.15. The number of ether oxygens (including phenoxy) is 1. The summed E-state index contributed by atoms with van der Waals surface area (Å²) in [6.45, 7) is 2.06. The molecule has 29 heavy (non-hydrogen) atoms. The fraction of sp³-hybridized carbons (Fsp3) is 0.136. The number of benzene rings is 3. The first kappa shape index (κ1) is 19.5. The van der Waals surface area contributed by atoms with E-state index in [1.807, 2.05) is 42.5 Å². The topological polar surface area (TPSA) is 60.7 Å². The molecule has 0 unspecified atom stereocenters. The molecule has 4 aromatic rings. The number of hydrogen-bond donors (Lipinski definition) is 0. The van der Waals surface area contributed by atoms with Crippen molar-refractivity contribution in [2.45, 2.75) is 13.5 Å². The maximum absolute atomic E-state index is 12.8. The first-order valence-corrected chi connectivity index (χ1v) is 10.7. The SMILES string of the molecule is CCOC(=O)Cn1c(=NC(=O)c2ccccc2Br)sc2c3ccccc3ccc21. The first-order chi connectivity index (χ1) is 14.1. The number of esters is 1. The monoisotopic (exact) mass is 468 g/mol. The van der Waals surface area contributed by atoms with Gasteiger partial charge in [-0.3, -0.25) is 9.59 Å². The van der Waals surface area contributed by atoms with E-state index in [2.05, 4.69) is 20.9 Å². The van der Waals surface area contributed by atoms with Crippen LogP contribution in [0.2, 0.25) is 0 Å². The van der Waals surface area contributed by atoms with Crippen LogP contribution in [-0.2, 0) is 16.1 Å². The van der Waals surface area contributed by atoms with Gasteiger partial charge in [-0.05, 0) is 46.4 Å². The molecule has 0 N–H and O–H groups in total. The van der Waals surface area contributed by atoms with E-state index in [-0.39, 0.29) is 18.4 Å². The van der Waals surface area contributed by atoms with Gasteiger partial charge >= 0.3 is 5.97 Å². The third kappa shape index (κ3) is 3.88. The van der Waals surface area contributed by atoms with Crippen LogP contribution in [-0.4, -0.2) is 23.1 Å². The molecule has 4 rings (SSSR count). The van der Waals surface area contributed by atoms with E-state index in [4.69, 9.17) is 4.74 Å². The summed E-state index contributed by atoms with van der Waals surface area (Å²) >= 11 is 4.79. The minimum absolute atomic E-state index is 0.00570. The molecule has 0 radical (unpaired) electrons. The van der Waals surface area contributed by atoms with Crippen molar-refractivity contribution in [2.75, 3.05) is 6.61 Å². The maximum Gasteiger partial charge on any atom is 0.326 e. The van der Waals surface area contributed by atoms with Crippen molar-refractivity contribution in [3.05, 3.63) is 75.5 Å². The Morgan fingerprint density at radius 2 is 1.83 bits per heavy atom. The van der Waals surface area contributed by atoms with Crippen LogP contribution in [0.25, 0.3) is 21.0 Å². The second-order valence-corrected chi connectivity index (χ2v) is 8.14. The van der Waals surface area contributed by atoms with Crippen LogP contribution in [0.15, 0.2) is 70.1 Å². The van der Waals surface area contributed by atoms with E-state index in [1.54, 1.807) is 29.7 Å². The molecule has 0 aliphatic heterocycles. The molecule has 3 aromatic carbocycles. The average Bonchev–Trinajstić information content (AvgIpc) is 3.06. The number of rotatable bonds is 4. The molecule has 0 spiro atoms. The number of amides is 1. The second-order valence-electron chi connectivity index (χ2n) is 6.31. The molecule has 0 aliphatic carbocycles. The van der Waals surface area contributed by atoms with Crippen LogP contribution in [0.3, 0.4) is 0 Å². The lowest BCUT2D eigenvalue weighted by molar-refractivity contribution is -0.143. The zero-order valence-corrected chi connectivity index (χ0v) is 18.0. The Bertz CT molecular complexity index is 1310. The number of carbonyl (C=O) groups is 2. The summed E-state index contributed by atoms with van der Waals surface area (Å²) in [5, 5.41) is 2.15. The Morgan fingerprint density at radius 3 is 2.62 bits per heavy atom. The molecule has 1 amide bonds. The maximum atomic E-state index is 12.8. The number of carbonyl (C=O) groups excluding carboxylic acids is 2.